The Kier molecular flexibility index (Phi) is 4.36. The third-order valence-corrected chi connectivity index (χ3v) is 2.52. The molecule has 0 saturated carbocycles. The zero-order chi connectivity index (χ0) is 15.2. The molecule has 0 heterocycles. The lowest BCUT2D eigenvalue weighted by atomic mass is 10.2. The van der Waals surface area contributed by atoms with Crippen LogP contribution in [0.4, 0.5) is 0 Å². The largest absolute Gasteiger partial charge is 0.508 e. The normalized spacial score (nSPS) is 9.71. The van der Waals surface area contributed by atoms with Gasteiger partial charge in [-0.15, -0.1) is 0 Å². The molecule has 1 N–H and O–H groups in total. The van der Waals surface area contributed by atoms with Crippen LogP contribution in [-0.4, -0.2) is 17.0 Å². The van der Waals surface area contributed by atoms with Crippen molar-refractivity contribution in [1.29, 1.82) is 0 Å². The fourth-order valence-corrected chi connectivity index (χ4v) is 1.50. The number of benzene rings is 2. The highest BCUT2D eigenvalue weighted by Gasteiger charge is 2.09. The molecule has 2 rings (SSSR count). The highest BCUT2D eigenvalue weighted by molar-refractivity contribution is 5.91. The fraction of sp³-hybridized carbons (Fsp3) is 0. The lowest BCUT2D eigenvalue weighted by molar-refractivity contribution is -0.128. The van der Waals surface area contributed by atoms with Crippen LogP contribution in [0.25, 0.3) is 0 Å². The monoisotopic (exact) mass is 284 g/mol. The van der Waals surface area contributed by atoms with Crippen LogP contribution in [0.2, 0.25) is 0 Å². The second-order valence-electron chi connectivity index (χ2n) is 4.03. The minimum Gasteiger partial charge on any atom is -0.508 e. The molecule has 5 heteroatoms. The summed E-state index contributed by atoms with van der Waals surface area (Å²) < 4.78 is 10.0. The van der Waals surface area contributed by atoms with Gasteiger partial charge in [0.1, 0.15) is 17.2 Å². The second-order valence-corrected chi connectivity index (χ2v) is 4.03. The van der Waals surface area contributed by atoms with Gasteiger partial charge in [0.25, 0.3) is 0 Å². The van der Waals surface area contributed by atoms with Gasteiger partial charge in [-0.3, -0.25) is 0 Å². The quantitative estimate of drug-likeness (QED) is 0.531. The summed E-state index contributed by atoms with van der Waals surface area (Å²) in [4.78, 5) is 22.8. The maximum Gasteiger partial charge on any atom is 0.343 e. The van der Waals surface area contributed by atoms with Crippen LogP contribution in [0.15, 0.2) is 61.2 Å². The van der Waals surface area contributed by atoms with Gasteiger partial charge in [-0.05, 0) is 48.5 Å². The van der Waals surface area contributed by atoms with Gasteiger partial charge in [0.15, 0.2) is 0 Å². The number of carbonyl (C=O) groups excluding carboxylic acids is 2. The van der Waals surface area contributed by atoms with Crippen LogP contribution >= 0.6 is 0 Å². The first-order valence-corrected chi connectivity index (χ1v) is 6.04. The number of rotatable bonds is 4. The number of phenolic OH excluding ortho intramolecular Hbond substituents is 1. The number of aromatic hydroxyl groups is 1. The van der Waals surface area contributed by atoms with Crippen LogP contribution in [0.5, 0.6) is 17.2 Å². The minimum absolute atomic E-state index is 0.0694. The van der Waals surface area contributed by atoms with E-state index >= 15 is 0 Å². The summed E-state index contributed by atoms with van der Waals surface area (Å²) in [5.41, 5.74) is 0.315. The SMILES string of the molecule is C=CC(=O)Oc1ccc(OC(=O)c2ccc(O)cc2)cc1. The van der Waals surface area contributed by atoms with Crippen molar-refractivity contribution in [1.82, 2.24) is 0 Å². The van der Waals surface area contributed by atoms with Crippen LogP contribution in [-0.2, 0) is 4.79 Å². The Hall–Kier alpha value is -3.08. The number of carbonyl (C=O) groups is 2. The van der Waals surface area contributed by atoms with E-state index in [1.54, 1.807) is 0 Å². The molecule has 2 aromatic carbocycles. The van der Waals surface area contributed by atoms with Gasteiger partial charge in [-0.25, -0.2) is 9.59 Å². The topological polar surface area (TPSA) is 72.8 Å². The Balaban J connectivity index is 2.02. The molecule has 0 aliphatic rings. The highest BCUT2D eigenvalue weighted by Crippen LogP contribution is 2.19. The third-order valence-electron chi connectivity index (χ3n) is 2.52. The molecule has 0 spiro atoms. The molecule has 0 atom stereocenters. The van der Waals surface area contributed by atoms with E-state index in [1.165, 1.54) is 48.5 Å². The summed E-state index contributed by atoms with van der Waals surface area (Å²) in [5, 5.41) is 9.15. The van der Waals surface area contributed by atoms with Crippen LogP contribution in [0, 0.1) is 0 Å². The Morgan fingerprint density at radius 1 is 0.905 bits per heavy atom. The Bertz CT molecular complexity index is 656. The molecule has 0 unspecified atom stereocenters. The van der Waals surface area contributed by atoms with E-state index in [9.17, 15) is 9.59 Å². The van der Waals surface area contributed by atoms with Gasteiger partial charge in [0.2, 0.25) is 0 Å². The van der Waals surface area contributed by atoms with Crippen molar-refractivity contribution in [2.45, 2.75) is 0 Å². The molecule has 106 valence electrons. The average Bonchev–Trinajstić information content (AvgIpc) is 2.49. The van der Waals surface area contributed by atoms with Gasteiger partial charge >= 0.3 is 11.9 Å². The van der Waals surface area contributed by atoms with Crippen molar-refractivity contribution >= 4 is 11.9 Å². The number of hydrogen-bond donors (Lipinski definition) is 1. The summed E-state index contributed by atoms with van der Waals surface area (Å²) in [5.74, 6) is -0.412. The van der Waals surface area contributed by atoms with Gasteiger partial charge in [0.05, 0.1) is 5.56 Å². The molecule has 0 aliphatic heterocycles. The summed E-state index contributed by atoms with van der Waals surface area (Å²) in [7, 11) is 0. The van der Waals surface area contributed by atoms with Gasteiger partial charge < -0.3 is 14.6 Å². The summed E-state index contributed by atoms with van der Waals surface area (Å²) in [6, 6.07) is 11.7. The lowest BCUT2D eigenvalue weighted by Crippen LogP contribution is -2.08. The van der Waals surface area contributed by atoms with Crippen molar-refractivity contribution in [3.63, 3.8) is 0 Å². The number of esters is 2. The van der Waals surface area contributed by atoms with Gasteiger partial charge in [-0.2, -0.15) is 0 Å². The van der Waals surface area contributed by atoms with E-state index in [0.29, 0.717) is 17.1 Å². The molecule has 0 bridgehead atoms. The maximum atomic E-state index is 11.8. The predicted molar refractivity (Wildman–Crippen MR) is 75.3 cm³/mol. The van der Waals surface area contributed by atoms with E-state index in [-0.39, 0.29) is 5.75 Å². The van der Waals surface area contributed by atoms with Crippen LogP contribution < -0.4 is 9.47 Å². The molecule has 21 heavy (non-hydrogen) atoms. The molecule has 0 aliphatic carbocycles. The molecular formula is C16H12O5. The van der Waals surface area contributed by atoms with Crippen LogP contribution in [0.1, 0.15) is 10.4 Å². The number of ether oxygens (including phenoxy) is 2. The van der Waals surface area contributed by atoms with E-state index in [1.807, 2.05) is 0 Å². The molecule has 5 nitrogen and oxygen atoms in total. The average molecular weight is 284 g/mol. The number of phenols is 1. The van der Waals surface area contributed by atoms with Gasteiger partial charge in [-0.1, -0.05) is 6.58 Å². The molecule has 0 fully saturated rings. The van der Waals surface area contributed by atoms with Crippen LogP contribution in [0.3, 0.4) is 0 Å². The Labute approximate surface area is 121 Å². The van der Waals surface area contributed by atoms with Crippen molar-refractivity contribution in [2.75, 3.05) is 0 Å². The Morgan fingerprint density at radius 2 is 1.43 bits per heavy atom. The molecule has 0 radical (unpaired) electrons. The predicted octanol–water partition coefficient (Wildman–Crippen LogP) is 2.70. The zero-order valence-electron chi connectivity index (χ0n) is 11.0. The number of hydrogen-bond acceptors (Lipinski definition) is 5. The summed E-state index contributed by atoms with van der Waals surface area (Å²) in [6.45, 7) is 3.29. The maximum absolute atomic E-state index is 11.8. The molecule has 0 saturated heterocycles. The van der Waals surface area contributed by atoms with E-state index in [0.717, 1.165) is 6.08 Å². The minimum atomic E-state index is -0.566. The smallest absolute Gasteiger partial charge is 0.343 e. The Morgan fingerprint density at radius 3 is 1.95 bits per heavy atom. The first kappa shape index (κ1) is 14.3. The molecule has 0 amide bonds. The molecular weight excluding hydrogens is 272 g/mol. The van der Waals surface area contributed by atoms with E-state index in [2.05, 4.69) is 6.58 Å². The molecule has 0 aromatic heterocycles. The first-order chi connectivity index (χ1) is 10.1. The van der Waals surface area contributed by atoms with Gasteiger partial charge in [0, 0.05) is 6.08 Å². The van der Waals surface area contributed by atoms with E-state index < -0.39 is 11.9 Å². The van der Waals surface area contributed by atoms with Crippen molar-refractivity contribution in [3.8, 4) is 17.2 Å². The van der Waals surface area contributed by atoms with Crippen molar-refractivity contribution in [2.24, 2.45) is 0 Å². The second kappa shape index (κ2) is 6.38. The van der Waals surface area contributed by atoms with Crippen molar-refractivity contribution in [3.05, 3.63) is 66.7 Å². The standard InChI is InChI=1S/C16H12O5/c1-2-15(18)20-13-7-9-14(10-8-13)21-16(19)11-3-5-12(17)6-4-11/h2-10,17H,1H2. The zero-order valence-corrected chi connectivity index (χ0v) is 11.0. The fourth-order valence-electron chi connectivity index (χ4n) is 1.50. The first-order valence-electron chi connectivity index (χ1n) is 6.04. The van der Waals surface area contributed by atoms with Crippen molar-refractivity contribution < 1.29 is 24.2 Å². The summed E-state index contributed by atoms with van der Waals surface area (Å²) in [6.07, 6.45) is 1.05. The lowest BCUT2D eigenvalue weighted by Gasteiger charge is -2.06. The summed E-state index contributed by atoms with van der Waals surface area (Å²) >= 11 is 0. The third kappa shape index (κ3) is 3.94. The molecule has 2 aromatic rings. The highest BCUT2D eigenvalue weighted by atomic mass is 16.5. The van der Waals surface area contributed by atoms with E-state index in [4.69, 9.17) is 14.6 Å².